The van der Waals surface area contributed by atoms with Gasteiger partial charge in [-0.3, -0.25) is 0 Å². The Morgan fingerprint density at radius 1 is 1.19 bits per heavy atom. The Bertz CT molecular complexity index is 678. The summed E-state index contributed by atoms with van der Waals surface area (Å²) < 4.78 is 5.92. The molecule has 0 radical (unpaired) electrons. The van der Waals surface area contributed by atoms with Gasteiger partial charge in [0.2, 0.25) is 5.88 Å². The highest BCUT2D eigenvalue weighted by atomic mass is 16.5. The third kappa shape index (κ3) is 3.61. The van der Waals surface area contributed by atoms with Crippen molar-refractivity contribution in [1.29, 1.82) is 5.26 Å². The first-order valence-electron chi connectivity index (χ1n) is 7.11. The van der Waals surface area contributed by atoms with E-state index in [9.17, 15) is 0 Å². The van der Waals surface area contributed by atoms with E-state index in [0.29, 0.717) is 11.4 Å². The summed E-state index contributed by atoms with van der Waals surface area (Å²) >= 11 is 0. The summed E-state index contributed by atoms with van der Waals surface area (Å²) in [7, 11) is 0. The van der Waals surface area contributed by atoms with Crippen LogP contribution < -0.4 is 4.74 Å². The van der Waals surface area contributed by atoms with Crippen LogP contribution in [0.3, 0.4) is 0 Å². The molecule has 0 saturated heterocycles. The van der Waals surface area contributed by atoms with E-state index in [1.165, 1.54) is 5.56 Å². The monoisotopic (exact) mass is 280 g/mol. The number of aryl methyl sites for hydroxylation is 1. The highest BCUT2D eigenvalue weighted by molar-refractivity contribution is 5.44. The minimum absolute atomic E-state index is 0.0205. The second-order valence-electron chi connectivity index (χ2n) is 6.03. The lowest BCUT2D eigenvalue weighted by atomic mass is 9.85. The van der Waals surface area contributed by atoms with Gasteiger partial charge in [-0.25, -0.2) is 4.98 Å². The van der Waals surface area contributed by atoms with Crippen LogP contribution >= 0.6 is 0 Å². The number of aromatic nitrogens is 1. The van der Waals surface area contributed by atoms with E-state index in [4.69, 9.17) is 10.00 Å². The summed E-state index contributed by atoms with van der Waals surface area (Å²) in [5, 5.41) is 8.95. The second kappa shape index (κ2) is 5.97. The molecule has 0 aliphatic heterocycles. The van der Waals surface area contributed by atoms with Crippen LogP contribution in [-0.4, -0.2) is 4.98 Å². The number of nitrogens with zero attached hydrogens (tertiary/aromatic N) is 2. The van der Waals surface area contributed by atoms with E-state index >= 15 is 0 Å². The molecule has 108 valence electrons. The van der Waals surface area contributed by atoms with Crippen LogP contribution in [0.1, 0.15) is 44.4 Å². The predicted molar refractivity (Wildman–Crippen MR) is 83.5 cm³/mol. The van der Waals surface area contributed by atoms with E-state index in [2.05, 4.69) is 50.9 Å². The van der Waals surface area contributed by atoms with Crippen LogP contribution in [0.15, 0.2) is 36.5 Å². The molecule has 0 aliphatic rings. The lowest BCUT2D eigenvalue weighted by molar-refractivity contribution is 0.439. The fourth-order valence-corrected chi connectivity index (χ4v) is 2.12. The van der Waals surface area contributed by atoms with Gasteiger partial charge in [-0.15, -0.1) is 0 Å². The molecule has 2 aromatic rings. The normalized spacial score (nSPS) is 11.0. The average Bonchev–Trinajstić information content (AvgIpc) is 2.46. The van der Waals surface area contributed by atoms with Gasteiger partial charge < -0.3 is 4.74 Å². The largest absolute Gasteiger partial charge is 0.439 e. The molecule has 0 spiro atoms. The Hall–Kier alpha value is -2.34. The molecule has 0 atom stereocenters. The number of benzene rings is 1. The van der Waals surface area contributed by atoms with Gasteiger partial charge >= 0.3 is 0 Å². The van der Waals surface area contributed by atoms with Crippen molar-refractivity contribution in [1.82, 2.24) is 4.98 Å². The van der Waals surface area contributed by atoms with Gasteiger partial charge in [-0.2, -0.15) is 5.26 Å². The molecule has 0 bridgehead atoms. The zero-order valence-corrected chi connectivity index (χ0v) is 13.0. The number of ether oxygens (including phenoxy) is 1. The standard InChI is InChI=1S/C18H20N2O/c1-5-13-6-7-16(15(10-13)18(2,3)4)21-17-11-14(12-19)8-9-20-17/h6-11H,5H2,1-4H3. The van der Waals surface area contributed by atoms with Crippen molar-refractivity contribution < 1.29 is 4.74 Å². The summed E-state index contributed by atoms with van der Waals surface area (Å²) in [6.45, 7) is 8.62. The Kier molecular flexibility index (Phi) is 4.28. The first-order valence-corrected chi connectivity index (χ1v) is 7.11. The van der Waals surface area contributed by atoms with E-state index in [-0.39, 0.29) is 5.41 Å². The molecule has 1 aromatic carbocycles. The van der Waals surface area contributed by atoms with E-state index < -0.39 is 0 Å². The molecule has 0 aliphatic carbocycles. The van der Waals surface area contributed by atoms with Crippen molar-refractivity contribution in [2.45, 2.75) is 39.5 Å². The topological polar surface area (TPSA) is 45.9 Å². The zero-order chi connectivity index (χ0) is 15.5. The van der Waals surface area contributed by atoms with Crippen molar-refractivity contribution in [3.8, 4) is 17.7 Å². The summed E-state index contributed by atoms with van der Waals surface area (Å²) in [4.78, 5) is 4.18. The first kappa shape index (κ1) is 15.1. The molecule has 0 amide bonds. The van der Waals surface area contributed by atoms with Crippen molar-refractivity contribution in [3.05, 3.63) is 53.2 Å². The van der Waals surface area contributed by atoms with Crippen molar-refractivity contribution in [3.63, 3.8) is 0 Å². The third-order valence-electron chi connectivity index (χ3n) is 3.34. The maximum atomic E-state index is 8.95. The van der Waals surface area contributed by atoms with Crippen LogP contribution in [-0.2, 0) is 11.8 Å². The van der Waals surface area contributed by atoms with E-state index in [0.717, 1.165) is 17.7 Å². The fraction of sp³-hybridized carbons (Fsp3) is 0.333. The highest BCUT2D eigenvalue weighted by Gasteiger charge is 2.20. The lowest BCUT2D eigenvalue weighted by Crippen LogP contribution is -2.13. The molecule has 21 heavy (non-hydrogen) atoms. The molecule has 0 saturated carbocycles. The summed E-state index contributed by atoms with van der Waals surface area (Å²) in [5.74, 6) is 1.24. The minimum atomic E-state index is -0.0205. The van der Waals surface area contributed by atoms with Crippen molar-refractivity contribution >= 4 is 0 Å². The number of rotatable bonds is 3. The first-order chi connectivity index (χ1) is 9.94. The Morgan fingerprint density at radius 3 is 2.57 bits per heavy atom. The predicted octanol–water partition coefficient (Wildman–Crippen LogP) is 4.61. The van der Waals surface area contributed by atoms with Crippen molar-refractivity contribution in [2.75, 3.05) is 0 Å². The Morgan fingerprint density at radius 2 is 1.95 bits per heavy atom. The summed E-state index contributed by atoms with van der Waals surface area (Å²) in [6.07, 6.45) is 2.58. The van der Waals surface area contributed by atoms with Crippen molar-refractivity contribution in [2.24, 2.45) is 0 Å². The maximum Gasteiger partial charge on any atom is 0.220 e. The van der Waals surface area contributed by atoms with Gasteiger partial charge in [0.25, 0.3) is 0 Å². The maximum absolute atomic E-state index is 8.95. The smallest absolute Gasteiger partial charge is 0.220 e. The van der Waals surface area contributed by atoms with E-state index in [1.807, 2.05) is 6.07 Å². The SMILES string of the molecule is CCc1ccc(Oc2cc(C#N)ccn2)c(C(C)(C)C)c1. The molecule has 3 heteroatoms. The van der Waals surface area contributed by atoms with Gasteiger partial charge in [-0.1, -0.05) is 39.8 Å². The molecular formula is C18H20N2O. The second-order valence-corrected chi connectivity index (χ2v) is 6.03. The molecule has 1 aromatic heterocycles. The highest BCUT2D eigenvalue weighted by Crippen LogP contribution is 2.34. The molecular weight excluding hydrogens is 260 g/mol. The summed E-state index contributed by atoms with van der Waals surface area (Å²) in [6, 6.07) is 11.7. The zero-order valence-electron chi connectivity index (χ0n) is 13.0. The van der Waals surface area contributed by atoms with Gasteiger partial charge in [0.1, 0.15) is 5.75 Å². The van der Waals surface area contributed by atoms with Gasteiger partial charge in [0.05, 0.1) is 11.6 Å². The minimum Gasteiger partial charge on any atom is -0.439 e. The van der Waals surface area contributed by atoms with Crippen LogP contribution in [0.4, 0.5) is 0 Å². The lowest BCUT2D eigenvalue weighted by Gasteiger charge is -2.23. The molecule has 0 fully saturated rings. The average molecular weight is 280 g/mol. The van der Waals surface area contributed by atoms with E-state index in [1.54, 1.807) is 18.3 Å². The number of hydrogen-bond acceptors (Lipinski definition) is 3. The number of hydrogen-bond donors (Lipinski definition) is 0. The number of pyridine rings is 1. The van der Waals surface area contributed by atoms with Gasteiger partial charge in [-0.05, 0) is 29.5 Å². The summed E-state index contributed by atoms with van der Waals surface area (Å²) in [5.41, 5.74) is 2.95. The van der Waals surface area contributed by atoms with Crippen LogP contribution in [0.2, 0.25) is 0 Å². The molecule has 0 N–H and O–H groups in total. The molecule has 2 rings (SSSR count). The Balaban J connectivity index is 2.41. The van der Waals surface area contributed by atoms with Crippen LogP contribution in [0.25, 0.3) is 0 Å². The quantitative estimate of drug-likeness (QED) is 0.825. The molecule has 0 unspecified atom stereocenters. The third-order valence-corrected chi connectivity index (χ3v) is 3.34. The molecule has 3 nitrogen and oxygen atoms in total. The van der Waals surface area contributed by atoms with Crippen LogP contribution in [0.5, 0.6) is 11.6 Å². The fourth-order valence-electron chi connectivity index (χ4n) is 2.12. The Labute approximate surface area is 126 Å². The van der Waals surface area contributed by atoms with Crippen LogP contribution in [0, 0.1) is 11.3 Å². The van der Waals surface area contributed by atoms with Gasteiger partial charge in [0.15, 0.2) is 0 Å². The van der Waals surface area contributed by atoms with Gasteiger partial charge in [0, 0.05) is 17.8 Å². The number of nitriles is 1. The molecule has 1 heterocycles.